The highest BCUT2D eigenvalue weighted by molar-refractivity contribution is 5.65. The minimum atomic E-state index is -0.808. The normalized spacial score (nSPS) is 14.9. The first-order chi connectivity index (χ1) is 5.48. The monoisotopic (exact) mass is 172 g/mol. The van der Waals surface area contributed by atoms with E-state index in [4.69, 9.17) is 4.74 Å². The minimum Gasteiger partial charge on any atom is -0.466 e. The minimum absolute atomic E-state index is 0.260. The van der Waals surface area contributed by atoms with E-state index in [1.807, 2.05) is 0 Å². The van der Waals surface area contributed by atoms with Crippen LogP contribution in [-0.4, -0.2) is 23.3 Å². The van der Waals surface area contributed by atoms with Crippen molar-refractivity contribution in [2.75, 3.05) is 6.61 Å². The first-order valence-electron chi connectivity index (χ1n) is 3.94. The molecule has 0 aromatic carbocycles. The fourth-order valence-corrected chi connectivity index (χ4v) is 0.828. The molecule has 3 heteroatoms. The van der Waals surface area contributed by atoms with Gasteiger partial charge in [-0.2, -0.15) is 0 Å². The van der Waals surface area contributed by atoms with E-state index in [9.17, 15) is 9.90 Å². The highest BCUT2D eigenvalue weighted by Gasteiger charge is 2.18. The van der Waals surface area contributed by atoms with E-state index >= 15 is 0 Å². The maximum absolute atomic E-state index is 10.4. The average Bonchev–Trinajstić information content (AvgIpc) is 1.85. The van der Waals surface area contributed by atoms with Gasteiger partial charge in [0, 0.05) is 13.3 Å². The van der Waals surface area contributed by atoms with Crippen LogP contribution in [0.4, 0.5) is 0 Å². The molecule has 0 aliphatic heterocycles. The summed E-state index contributed by atoms with van der Waals surface area (Å²) in [6.45, 7) is 6.82. The predicted octanol–water partition coefficient (Wildman–Crippen LogP) is 1.27. The van der Waals surface area contributed by atoms with E-state index in [0.717, 1.165) is 0 Å². The molecule has 0 radical (unpaired) electrons. The van der Waals surface area contributed by atoms with Crippen molar-refractivity contribution < 1.29 is 14.6 Å². The van der Waals surface area contributed by atoms with Crippen LogP contribution in [0.3, 0.4) is 0 Å². The molecule has 0 spiro atoms. The van der Waals surface area contributed by atoms with Crippen LogP contribution < -0.4 is 0 Å². The molecule has 3 nitrogen and oxygen atoms in total. The van der Waals surface area contributed by atoms with Gasteiger partial charge in [0.1, 0.15) is 0 Å². The molecule has 0 rings (SSSR count). The summed E-state index contributed by atoms with van der Waals surface area (Å²) < 4.78 is 4.69. The molecule has 0 aromatic heterocycles. The van der Waals surface area contributed by atoms with Gasteiger partial charge >= 0.3 is 5.97 Å². The first kappa shape index (κ1) is 11.2. The van der Waals surface area contributed by atoms with E-state index in [1.54, 1.807) is 13.0 Å². The molecule has 0 saturated heterocycles. The van der Waals surface area contributed by atoms with E-state index in [-0.39, 0.29) is 12.6 Å². The Morgan fingerprint density at radius 1 is 1.75 bits per heavy atom. The molecule has 0 aliphatic rings. The Hall–Kier alpha value is -0.830. The van der Waals surface area contributed by atoms with Gasteiger partial charge in [-0.05, 0) is 13.3 Å². The molecule has 0 fully saturated rings. The molecular formula is C9H16O3. The number of esters is 1. The Bertz CT molecular complexity index is 161. The Kier molecular flexibility index (Phi) is 4.59. The second-order valence-electron chi connectivity index (χ2n) is 3.08. The van der Waals surface area contributed by atoms with Crippen molar-refractivity contribution >= 4 is 5.97 Å². The van der Waals surface area contributed by atoms with Gasteiger partial charge in [-0.1, -0.05) is 6.08 Å². The van der Waals surface area contributed by atoms with Crippen LogP contribution in [0.1, 0.15) is 26.7 Å². The number of rotatable bonds is 5. The van der Waals surface area contributed by atoms with Gasteiger partial charge < -0.3 is 9.84 Å². The molecule has 1 unspecified atom stereocenters. The van der Waals surface area contributed by atoms with Crippen molar-refractivity contribution in [1.82, 2.24) is 0 Å². The second kappa shape index (κ2) is 4.93. The van der Waals surface area contributed by atoms with Crippen molar-refractivity contribution in [3.63, 3.8) is 0 Å². The fourth-order valence-electron chi connectivity index (χ4n) is 0.828. The molecule has 0 heterocycles. The molecule has 0 aliphatic carbocycles. The van der Waals surface area contributed by atoms with E-state index in [0.29, 0.717) is 12.8 Å². The summed E-state index contributed by atoms with van der Waals surface area (Å²) >= 11 is 0. The summed E-state index contributed by atoms with van der Waals surface area (Å²) in [6, 6.07) is 0. The summed E-state index contributed by atoms with van der Waals surface area (Å²) in [4.78, 5) is 10.4. The summed E-state index contributed by atoms with van der Waals surface area (Å²) in [5.41, 5.74) is -0.808. The zero-order chi connectivity index (χ0) is 9.61. The van der Waals surface area contributed by atoms with Crippen molar-refractivity contribution in [2.45, 2.75) is 32.3 Å². The number of aliphatic hydroxyl groups is 1. The number of ether oxygens (including phenoxy) is 1. The van der Waals surface area contributed by atoms with Crippen LogP contribution in [0.15, 0.2) is 12.7 Å². The van der Waals surface area contributed by atoms with Crippen LogP contribution in [0.2, 0.25) is 0 Å². The standard InChI is InChI=1S/C9H16O3/c1-4-5-9(3,11)6-7-12-8(2)10/h4,11H,1,5-7H2,2-3H3. The van der Waals surface area contributed by atoms with Gasteiger partial charge in [0.2, 0.25) is 0 Å². The van der Waals surface area contributed by atoms with Gasteiger partial charge in [0.15, 0.2) is 0 Å². The number of carbonyl (C=O) groups is 1. The maximum Gasteiger partial charge on any atom is 0.302 e. The molecule has 70 valence electrons. The van der Waals surface area contributed by atoms with Crippen LogP contribution in [0, 0.1) is 0 Å². The second-order valence-corrected chi connectivity index (χ2v) is 3.08. The van der Waals surface area contributed by atoms with Crippen LogP contribution >= 0.6 is 0 Å². The third-order valence-electron chi connectivity index (χ3n) is 1.53. The fraction of sp³-hybridized carbons (Fsp3) is 0.667. The molecule has 0 amide bonds. The highest BCUT2D eigenvalue weighted by atomic mass is 16.5. The van der Waals surface area contributed by atoms with Crippen molar-refractivity contribution in [2.24, 2.45) is 0 Å². The van der Waals surface area contributed by atoms with Crippen molar-refractivity contribution in [1.29, 1.82) is 0 Å². The van der Waals surface area contributed by atoms with Gasteiger partial charge in [-0.15, -0.1) is 6.58 Å². The lowest BCUT2D eigenvalue weighted by Crippen LogP contribution is -2.25. The molecule has 12 heavy (non-hydrogen) atoms. The number of hydrogen-bond acceptors (Lipinski definition) is 3. The summed E-state index contributed by atoms with van der Waals surface area (Å²) in [5, 5.41) is 9.56. The summed E-state index contributed by atoms with van der Waals surface area (Å²) in [6.07, 6.45) is 2.60. The van der Waals surface area contributed by atoms with Crippen LogP contribution in [0.5, 0.6) is 0 Å². The topological polar surface area (TPSA) is 46.5 Å². The Morgan fingerprint density at radius 2 is 2.33 bits per heavy atom. The molecule has 1 atom stereocenters. The quantitative estimate of drug-likeness (QED) is 0.501. The van der Waals surface area contributed by atoms with Gasteiger partial charge in [-0.25, -0.2) is 0 Å². The van der Waals surface area contributed by atoms with Gasteiger partial charge in [0.05, 0.1) is 12.2 Å². The van der Waals surface area contributed by atoms with Crippen LogP contribution in [-0.2, 0) is 9.53 Å². The van der Waals surface area contributed by atoms with E-state index in [2.05, 4.69) is 6.58 Å². The maximum atomic E-state index is 10.4. The molecule has 1 N–H and O–H groups in total. The average molecular weight is 172 g/mol. The number of carbonyl (C=O) groups excluding carboxylic acids is 1. The van der Waals surface area contributed by atoms with Gasteiger partial charge in [-0.3, -0.25) is 4.79 Å². The number of hydrogen-bond donors (Lipinski definition) is 1. The Labute approximate surface area is 73.0 Å². The third kappa shape index (κ3) is 5.92. The highest BCUT2D eigenvalue weighted by Crippen LogP contribution is 2.14. The largest absolute Gasteiger partial charge is 0.466 e. The van der Waals surface area contributed by atoms with Crippen LogP contribution in [0.25, 0.3) is 0 Å². The van der Waals surface area contributed by atoms with E-state index < -0.39 is 5.60 Å². The molecule has 0 saturated carbocycles. The zero-order valence-corrected chi connectivity index (χ0v) is 7.67. The summed E-state index contributed by atoms with van der Waals surface area (Å²) in [7, 11) is 0. The molecule has 0 bridgehead atoms. The Balaban J connectivity index is 3.60. The smallest absolute Gasteiger partial charge is 0.302 e. The van der Waals surface area contributed by atoms with Crippen molar-refractivity contribution in [3.05, 3.63) is 12.7 Å². The third-order valence-corrected chi connectivity index (χ3v) is 1.53. The van der Waals surface area contributed by atoms with Gasteiger partial charge in [0.25, 0.3) is 0 Å². The summed E-state index contributed by atoms with van der Waals surface area (Å²) in [5.74, 6) is -0.315. The first-order valence-corrected chi connectivity index (χ1v) is 3.94. The lowest BCUT2D eigenvalue weighted by atomic mass is 9.99. The zero-order valence-electron chi connectivity index (χ0n) is 7.67. The molecule has 0 aromatic rings. The Morgan fingerprint density at radius 3 is 2.75 bits per heavy atom. The molecular weight excluding hydrogens is 156 g/mol. The SMILES string of the molecule is C=CCC(C)(O)CCOC(C)=O. The lowest BCUT2D eigenvalue weighted by Gasteiger charge is -2.20. The van der Waals surface area contributed by atoms with E-state index in [1.165, 1.54) is 6.92 Å². The lowest BCUT2D eigenvalue weighted by molar-refractivity contribution is -0.142. The van der Waals surface area contributed by atoms with Crippen molar-refractivity contribution in [3.8, 4) is 0 Å². The predicted molar refractivity (Wildman–Crippen MR) is 46.7 cm³/mol.